The molecule has 0 radical (unpaired) electrons. The molecule has 0 heterocycles. The van der Waals surface area contributed by atoms with Crippen LogP contribution in [-0.4, -0.2) is 54.8 Å². The Bertz CT molecular complexity index is 1030. The molecule has 0 atom stereocenters. The molecule has 0 aliphatic carbocycles. The fourth-order valence-corrected chi connectivity index (χ4v) is 2.99. The third-order valence-electron chi connectivity index (χ3n) is 4.89. The summed E-state index contributed by atoms with van der Waals surface area (Å²) < 4.78 is 5.41. The largest absolute Gasteiger partial charge is 0.495 e. The normalized spacial score (nSPS) is 10.4. The van der Waals surface area contributed by atoms with E-state index in [0.717, 1.165) is 16.7 Å². The highest BCUT2D eigenvalue weighted by Gasteiger charge is 2.26. The zero-order valence-electron chi connectivity index (χ0n) is 18.3. The van der Waals surface area contributed by atoms with Crippen LogP contribution in [0.25, 0.3) is 0 Å². The third-order valence-corrected chi connectivity index (χ3v) is 4.89. The highest BCUT2D eigenvalue weighted by Crippen LogP contribution is 2.32. The first kappa shape index (κ1) is 23.6. The maximum absolute atomic E-state index is 12.9. The van der Waals surface area contributed by atoms with Crippen molar-refractivity contribution in [1.82, 2.24) is 4.90 Å². The fourth-order valence-electron chi connectivity index (χ4n) is 2.99. The SMILES string of the molecule is COc1cc(C(=O)N(C)C)ccc1N(Cc1ccc(C)c(C)c1)C(=O)CC(=O)C(=O)O. The molecular formula is C23H26N2O6. The summed E-state index contributed by atoms with van der Waals surface area (Å²) >= 11 is 0. The Morgan fingerprint density at radius 1 is 0.968 bits per heavy atom. The summed E-state index contributed by atoms with van der Waals surface area (Å²) in [5.74, 6) is -3.53. The molecule has 2 aromatic carbocycles. The summed E-state index contributed by atoms with van der Waals surface area (Å²) in [6, 6.07) is 10.3. The number of amides is 2. The molecule has 0 aliphatic heterocycles. The summed E-state index contributed by atoms with van der Waals surface area (Å²) in [5.41, 5.74) is 3.62. The molecule has 164 valence electrons. The van der Waals surface area contributed by atoms with E-state index in [0.29, 0.717) is 11.3 Å². The van der Waals surface area contributed by atoms with Gasteiger partial charge in [-0.2, -0.15) is 0 Å². The number of ketones is 1. The van der Waals surface area contributed by atoms with Crippen LogP contribution in [0.2, 0.25) is 0 Å². The van der Waals surface area contributed by atoms with Gasteiger partial charge in [0.15, 0.2) is 0 Å². The maximum atomic E-state index is 12.9. The lowest BCUT2D eigenvalue weighted by atomic mass is 10.0. The summed E-state index contributed by atoms with van der Waals surface area (Å²) in [7, 11) is 4.65. The van der Waals surface area contributed by atoms with E-state index in [9.17, 15) is 19.2 Å². The van der Waals surface area contributed by atoms with E-state index >= 15 is 0 Å². The van der Waals surface area contributed by atoms with Gasteiger partial charge < -0.3 is 19.6 Å². The Hall–Kier alpha value is -3.68. The molecule has 2 aromatic rings. The highest BCUT2D eigenvalue weighted by atomic mass is 16.5. The lowest BCUT2D eigenvalue weighted by Crippen LogP contribution is -2.34. The number of carbonyl (C=O) groups excluding carboxylic acids is 3. The van der Waals surface area contributed by atoms with Crippen molar-refractivity contribution >= 4 is 29.3 Å². The number of benzene rings is 2. The van der Waals surface area contributed by atoms with E-state index in [1.807, 2.05) is 32.0 Å². The smallest absolute Gasteiger partial charge is 0.372 e. The van der Waals surface area contributed by atoms with Gasteiger partial charge in [-0.25, -0.2) is 4.79 Å². The monoisotopic (exact) mass is 426 g/mol. The highest BCUT2D eigenvalue weighted by molar-refractivity contribution is 6.36. The Morgan fingerprint density at radius 2 is 1.65 bits per heavy atom. The van der Waals surface area contributed by atoms with E-state index < -0.39 is 24.1 Å². The minimum atomic E-state index is -1.67. The number of carboxylic acid groups (broad SMARTS) is 1. The van der Waals surface area contributed by atoms with Gasteiger partial charge in [0.05, 0.1) is 25.8 Å². The minimum absolute atomic E-state index is 0.101. The molecule has 2 rings (SSSR count). The van der Waals surface area contributed by atoms with Crippen LogP contribution in [0, 0.1) is 13.8 Å². The number of methoxy groups -OCH3 is 1. The molecule has 31 heavy (non-hydrogen) atoms. The van der Waals surface area contributed by atoms with Crippen LogP contribution in [0.5, 0.6) is 5.75 Å². The number of carboxylic acids is 1. The molecule has 0 saturated heterocycles. The Kier molecular flexibility index (Phi) is 7.52. The van der Waals surface area contributed by atoms with Crippen molar-refractivity contribution in [3.8, 4) is 5.75 Å². The Labute approximate surface area is 181 Å². The van der Waals surface area contributed by atoms with E-state index in [-0.39, 0.29) is 18.2 Å². The molecule has 0 bridgehead atoms. The number of aryl methyl sites for hydroxylation is 2. The van der Waals surface area contributed by atoms with Crippen molar-refractivity contribution < 1.29 is 29.0 Å². The van der Waals surface area contributed by atoms with Crippen LogP contribution < -0.4 is 9.64 Å². The zero-order chi connectivity index (χ0) is 23.3. The second kappa shape index (κ2) is 9.88. The molecule has 0 saturated carbocycles. The molecule has 0 aliphatic rings. The van der Waals surface area contributed by atoms with Gasteiger partial charge in [0.2, 0.25) is 11.7 Å². The number of hydrogen-bond acceptors (Lipinski definition) is 5. The summed E-state index contributed by atoms with van der Waals surface area (Å²) in [5, 5.41) is 8.90. The first-order valence-corrected chi connectivity index (χ1v) is 9.57. The molecule has 8 heteroatoms. The van der Waals surface area contributed by atoms with Crippen LogP contribution in [-0.2, 0) is 20.9 Å². The maximum Gasteiger partial charge on any atom is 0.372 e. The predicted molar refractivity (Wildman–Crippen MR) is 115 cm³/mol. The fraction of sp³-hybridized carbons (Fsp3) is 0.304. The number of hydrogen-bond donors (Lipinski definition) is 1. The number of nitrogens with zero attached hydrogens (tertiary/aromatic N) is 2. The molecule has 1 N–H and O–H groups in total. The van der Waals surface area contributed by atoms with E-state index in [4.69, 9.17) is 9.84 Å². The number of aliphatic carboxylic acids is 1. The molecule has 0 unspecified atom stereocenters. The van der Waals surface area contributed by atoms with Crippen molar-refractivity contribution in [1.29, 1.82) is 0 Å². The number of carbonyl (C=O) groups is 4. The standard InChI is InChI=1S/C23H26N2O6/c1-14-6-7-16(10-15(14)2)13-25(21(27)12-19(26)23(29)30)18-9-8-17(11-20(18)31-5)22(28)24(3)4/h6-11H,12-13H2,1-5H3,(H,29,30). The molecule has 2 amide bonds. The first-order valence-electron chi connectivity index (χ1n) is 9.57. The van der Waals surface area contributed by atoms with Crippen LogP contribution >= 0.6 is 0 Å². The van der Waals surface area contributed by atoms with Crippen LogP contribution in [0.1, 0.15) is 33.5 Å². The van der Waals surface area contributed by atoms with E-state index in [1.165, 1.54) is 23.0 Å². The van der Waals surface area contributed by atoms with Crippen LogP contribution in [0.3, 0.4) is 0 Å². The number of anilines is 1. The van der Waals surface area contributed by atoms with Gasteiger partial charge in [-0.15, -0.1) is 0 Å². The van der Waals surface area contributed by atoms with Gasteiger partial charge in [0, 0.05) is 19.7 Å². The second-order valence-corrected chi connectivity index (χ2v) is 7.39. The average molecular weight is 426 g/mol. The summed E-state index contributed by atoms with van der Waals surface area (Å²) in [4.78, 5) is 50.6. The topological polar surface area (TPSA) is 104 Å². The molecule has 8 nitrogen and oxygen atoms in total. The van der Waals surface area contributed by atoms with Gasteiger partial charge in [-0.1, -0.05) is 18.2 Å². The van der Waals surface area contributed by atoms with Crippen molar-refractivity contribution in [2.75, 3.05) is 26.1 Å². The Morgan fingerprint density at radius 3 is 2.19 bits per heavy atom. The quantitative estimate of drug-likeness (QED) is 0.514. The molecular weight excluding hydrogens is 400 g/mol. The van der Waals surface area contributed by atoms with Crippen molar-refractivity contribution in [3.63, 3.8) is 0 Å². The first-order chi connectivity index (χ1) is 14.5. The number of ether oxygens (including phenoxy) is 1. The van der Waals surface area contributed by atoms with Gasteiger partial charge in [0.1, 0.15) is 5.75 Å². The van der Waals surface area contributed by atoms with Gasteiger partial charge in [0.25, 0.3) is 5.91 Å². The van der Waals surface area contributed by atoms with E-state index in [1.54, 1.807) is 26.2 Å². The van der Waals surface area contributed by atoms with Gasteiger partial charge in [-0.3, -0.25) is 14.4 Å². The molecule has 0 spiro atoms. The van der Waals surface area contributed by atoms with Gasteiger partial charge >= 0.3 is 5.97 Å². The second-order valence-electron chi connectivity index (χ2n) is 7.39. The van der Waals surface area contributed by atoms with Crippen LogP contribution in [0.15, 0.2) is 36.4 Å². The molecule has 0 fully saturated rings. The number of Topliss-reactive ketones (excluding diaryl/α,β-unsaturated/α-hetero) is 1. The number of rotatable bonds is 8. The van der Waals surface area contributed by atoms with Crippen molar-refractivity contribution in [2.45, 2.75) is 26.8 Å². The molecule has 0 aromatic heterocycles. The average Bonchev–Trinajstić information content (AvgIpc) is 2.73. The summed E-state index contributed by atoms with van der Waals surface area (Å²) in [6.45, 7) is 4.02. The zero-order valence-corrected chi connectivity index (χ0v) is 18.3. The Balaban J connectivity index is 2.51. The van der Waals surface area contributed by atoms with Crippen molar-refractivity contribution in [3.05, 3.63) is 58.7 Å². The lowest BCUT2D eigenvalue weighted by molar-refractivity contribution is -0.150. The predicted octanol–water partition coefficient (Wildman–Crippen LogP) is 2.59. The van der Waals surface area contributed by atoms with Crippen molar-refractivity contribution in [2.24, 2.45) is 0 Å². The van der Waals surface area contributed by atoms with E-state index in [2.05, 4.69) is 0 Å². The third kappa shape index (κ3) is 5.69. The lowest BCUT2D eigenvalue weighted by Gasteiger charge is -2.25. The minimum Gasteiger partial charge on any atom is -0.495 e. The van der Waals surface area contributed by atoms with Crippen LogP contribution in [0.4, 0.5) is 5.69 Å². The summed E-state index contributed by atoms with van der Waals surface area (Å²) in [6.07, 6.45) is -0.790. The van der Waals surface area contributed by atoms with Gasteiger partial charge in [-0.05, 0) is 48.7 Å².